The molecule has 3 heteroatoms. The number of para-hydroxylation sites is 1. The normalized spacial score (nSPS) is 11.2. The van der Waals surface area contributed by atoms with Crippen molar-refractivity contribution in [2.45, 2.75) is 6.42 Å². The lowest BCUT2D eigenvalue weighted by molar-refractivity contribution is 0.112. The Hall–Kier alpha value is -2.13. The lowest BCUT2D eigenvalue weighted by Crippen LogP contribution is -1.94. The van der Waals surface area contributed by atoms with Crippen molar-refractivity contribution >= 4 is 28.1 Å². The predicted molar refractivity (Wildman–Crippen MR) is 72.0 cm³/mol. The average Bonchev–Trinajstić information content (AvgIpc) is 2.78. The second kappa shape index (κ2) is 4.27. The van der Waals surface area contributed by atoms with E-state index in [-0.39, 0.29) is 6.61 Å². The van der Waals surface area contributed by atoms with Crippen LogP contribution in [0.15, 0.2) is 36.4 Å². The molecule has 1 heterocycles. The minimum atomic E-state index is 0.0762. The molecule has 3 aromatic rings. The Morgan fingerprint density at radius 2 is 2.00 bits per heavy atom. The van der Waals surface area contributed by atoms with E-state index in [1.807, 2.05) is 36.4 Å². The molecule has 18 heavy (non-hydrogen) atoms. The summed E-state index contributed by atoms with van der Waals surface area (Å²) in [4.78, 5) is 14.3. The first kappa shape index (κ1) is 11.0. The molecule has 2 aromatic carbocycles. The van der Waals surface area contributed by atoms with Crippen molar-refractivity contribution in [2.24, 2.45) is 0 Å². The lowest BCUT2D eigenvalue weighted by Gasteiger charge is -2.02. The molecule has 2 N–H and O–H groups in total. The molecule has 3 rings (SSSR count). The fraction of sp³-hybridized carbons (Fsp3) is 0.133. The highest BCUT2D eigenvalue weighted by Crippen LogP contribution is 2.28. The van der Waals surface area contributed by atoms with Gasteiger partial charge < -0.3 is 10.1 Å². The largest absolute Gasteiger partial charge is 0.396 e. The number of aromatic nitrogens is 1. The maximum absolute atomic E-state index is 11.0. The molecule has 0 aliphatic rings. The number of rotatable bonds is 3. The van der Waals surface area contributed by atoms with Crippen LogP contribution in [0.2, 0.25) is 0 Å². The van der Waals surface area contributed by atoms with Gasteiger partial charge in [0.25, 0.3) is 0 Å². The molecule has 1 aromatic heterocycles. The summed E-state index contributed by atoms with van der Waals surface area (Å²) in [6, 6.07) is 11.7. The predicted octanol–water partition coefficient (Wildman–Crippen LogP) is 2.67. The fourth-order valence-corrected chi connectivity index (χ4v) is 2.43. The maximum Gasteiger partial charge on any atom is 0.150 e. The minimum absolute atomic E-state index is 0.0762. The smallest absolute Gasteiger partial charge is 0.150 e. The molecule has 0 aliphatic heterocycles. The highest BCUT2D eigenvalue weighted by molar-refractivity contribution is 6.09. The van der Waals surface area contributed by atoms with Crippen molar-refractivity contribution in [3.8, 4) is 0 Å². The molecule has 0 saturated carbocycles. The van der Waals surface area contributed by atoms with Crippen LogP contribution < -0.4 is 0 Å². The van der Waals surface area contributed by atoms with Crippen molar-refractivity contribution in [1.82, 2.24) is 4.98 Å². The number of hydrogen-bond acceptors (Lipinski definition) is 2. The topological polar surface area (TPSA) is 53.1 Å². The van der Waals surface area contributed by atoms with Crippen LogP contribution in [0.25, 0.3) is 21.8 Å². The molecule has 0 spiro atoms. The van der Waals surface area contributed by atoms with E-state index in [1.165, 1.54) is 0 Å². The number of benzene rings is 2. The van der Waals surface area contributed by atoms with Crippen LogP contribution in [0.4, 0.5) is 0 Å². The molecule has 3 nitrogen and oxygen atoms in total. The number of H-pyrrole nitrogens is 1. The summed E-state index contributed by atoms with van der Waals surface area (Å²) >= 11 is 0. The highest BCUT2D eigenvalue weighted by atomic mass is 16.2. The van der Waals surface area contributed by atoms with Crippen LogP contribution in [0.3, 0.4) is 0 Å². The van der Waals surface area contributed by atoms with E-state index in [2.05, 4.69) is 4.98 Å². The van der Waals surface area contributed by atoms with E-state index >= 15 is 0 Å². The van der Waals surface area contributed by atoms with Gasteiger partial charge in [-0.3, -0.25) is 4.79 Å². The summed E-state index contributed by atoms with van der Waals surface area (Å²) in [5, 5.41) is 11.3. The SMILES string of the molecule is O=Cc1cc(CCO)c2[nH]c3ccccc3c2c1. The third kappa shape index (κ3) is 1.60. The monoisotopic (exact) mass is 239 g/mol. The molecule has 90 valence electrons. The second-order valence-electron chi connectivity index (χ2n) is 4.36. The van der Waals surface area contributed by atoms with Gasteiger partial charge in [-0.2, -0.15) is 0 Å². The van der Waals surface area contributed by atoms with Gasteiger partial charge in [-0.15, -0.1) is 0 Å². The van der Waals surface area contributed by atoms with E-state index in [9.17, 15) is 4.79 Å². The lowest BCUT2D eigenvalue weighted by atomic mass is 10.0. The number of aromatic amines is 1. The van der Waals surface area contributed by atoms with Gasteiger partial charge in [0.15, 0.2) is 0 Å². The summed E-state index contributed by atoms with van der Waals surface area (Å²) in [5.74, 6) is 0. The summed E-state index contributed by atoms with van der Waals surface area (Å²) in [6.45, 7) is 0.0762. The van der Waals surface area contributed by atoms with Gasteiger partial charge in [0.05, 0.1) is 0 Å². The molecular weight excluding hydrogens is 226 g/mol. The average molecular weight is 239 g/mol. The van der Waals surface area contributed by atoms with Gasteiger partial charge in [-0.25, -0.2) is 0 Å². The third-order valence-corrected chi connectivity index (χ3v) is 3.24. The number of fused-ring (bicyclic) bond motifs is 3. The first-order valence-electron chi connectivity index (χ1n) is 5.93. The molecule has 0 amide bonds. The number of carbonyl (C=O) groups is 1. The quantitative estimate of drug-likeness (QED) is 0.690. The van der Waals surface area contributed by atoms with E-state index in [1.54, 1.807) is 0 Å². The first-order valence-corrected chi connectivity index (χ1v) is 5.93. The Morgan fingerprint density at radius 3 is 2.78 bits per heavy atom. The Morgan fingerprint density at radius 1 is 1.17 bits per heavy atom. The zero-order valence-electron chi connectivity index (χ0n) is 9.81. The highest BCUT2D eigenvalue weighted by Gasteiger charge is 2.09. The van der Waals surface area contributed by atoms with Gasteiger partial charge in [0, 0.05) is 34.0 Å². The summed E-state index contributed by atoms with van der Waals surface area (Å²) < 4.78 is 0. The van der Waals surface area contributed by atoms with Crippen molar-refractivity contribution in [1.29, 1.82) is 0 Å². The van der Waals surface area contributed by atoms with Gasteiger partial charge in [-0.1, -0.05) is 18.2 Å². The summed E-state index contributed by atoms with van der Waals surface area (Å²) in [5.41, 5.74) is 3.69. The number of aldehydes is 1. The van der Waals surface area contributed by atoms with Gasteiger partial charge in [0.2, 0.25) is 0 Å². The van der Waals surface area contributed by atoms with Crippen LogP contribution in [-0.4, -0.2) is 23.0 Å². The Labute approximate surface area is 104 Å². The van der Waals surface area contributed by atoms with E-state index < -0.39 is 0 Å². The molecule has 0 fully saturated rings. The summed E-state index contributed by atoms with van der Waals surface area (Å²) in [7, 11) is 0. The third-order valence-electron chi connectivity index (χ3n) is 3.24. The standard InChI is InChI=1S/C15H13NO2/c17-6-5-11-7-10(9-18)8-13-12-3-1-2-4-14(12)16-15(11)13/h1-4,7-9,16-17H,5-6H2. The van der Waals surface area contributed by atoms with Crippen LogP contribution in [0.1, 0.15) is 15.9 Å². The number of hydrogen-bond donors (Lipinski definition) is 2. The zero-order valence-corrected chi connectivity index (χ0v) is 9.81. The van der Waals surface area contributed by atoms with Crippen LogP contribution in [-0.2, 0) is 6.42 Å². The Balaban J connectivity index is 2.42. The van der Waals surface area contributed by atoms with Gasteiger partial charge in [-0.05, 0) is 30.2 Å². The molecule has 0 radical (unpaired) electrons. The molecule has 0 atom stereocenters. The van der Waals surface area contributed by atoms with Crippen molar-refractivity contribution in [3.05, 3.63) is 47.5 Å². The van der Waals surface area contributed by atoms with Crippen LogP contribution in [0.5, 0.6) is 0 Å². The second-order valence-corrected chi connectivity index (χ2v) is 4.36. The van der Waals surface area contributed by atoms with E-state index in [0.29, 0.717) is 12.0 Å². The van der Waals surface area contributed by atoms with Crippen molar-refractivity contribution < 1.29 is 9.90 Å². The number of aliphatic hydroxyl groups excluding tert-OH is 1. The number of nitrogens with one attached hydrogen (secondary N) is 1. The van der Waals surface area contributed by atoms with Gasteiger partial charge in [0.1, 0.15) is 6.29 Å². The maximum atomic E-state index is 11.0. The minimum Gasteiger partial charge on any atom is -0.396 e. The van der Waals surface area contributed by atoms with Crippen LogP contribution >= 0.6 is 0 Å². The zero-order chi connectivity index (χ0) is 12.5. The van der Waals surface area contributed by atoms with Crippen LogP contribution in [0, 0.1) is 0 Å². The van der Waals surface area contributed by atoms with Crippen molar-refractivity contribution in [2.75, 3.05) is 6.61 Å². The molecule has 0 bridgehead atoms. The molecule has 0 saturated heterocycles. The molecule has 0 unspecified atom stereocenters. The van der Waals surface area contributed by atoms with E-state index in [0.717, 1.165) is 33.7 Å². The number of aliphatic hydroxyl groups is 1. The first-order chi connectivity index (χ1) is 8.83. The van der Waals surface area contributed by atoms with E-state index in [4.69, 9.17) is 5.11 Å². The fourth-order valence-electron chi connectivity index (χ4n) is 2.43. The van der Waals surface area contributed by atoms with Crippen molar-refractivity contribution in [3.63, 3.8) is 0 Å². The summed E-state index contributed by atoms with van der Waals surface area (Å²) in [6.07, 6.45) is 1.40. The molecular formula is C15H13NO2. The van der Waals surface area contributed by atoms with Gasteiger partial charge >= 0.3 is 0 Å². The number of carbonyl (C=O) groups excluding carboxylic acids is 1. The Kier molecular flexibility index (Phi) is 2.61. The molecule has 0 aliphatic carbocycles. The Bertz CT molecular complexity index is 728.